The summed E-state index contributed by atoms with van der Waals surface area (Å²) >= 11 is 0. The Morgan fingerprint density at radius 2 is 0.667 bits per heavy atom. The Morgan fingerprint density at radius 1 is 0.296 bits per heavy atom. The molecule has 0 bridgehead atoms. The van der Waals surface area contributed by atoms with Crippen molar-refractivity contribution in [1.82, 2.24) is 13.7 Å². The summed E-state index contributed by atoms with van der Waals surface area (Å²) in [5.74, 6) is 0. The number of fused-ring (bicyclic) bond motifs is 14. The molecular formula is C49H29N3O2. The molecule has 0 spiro atoms. The maximum atomic E-state index is 13.4. The van der Waals surface area contributed by atoms with Gasteiger partial charge in [-0.1, -0.05) is 109 Å². The first-order chi connectivity index (χ1) is 26.7. The molecule has 0 N–H and O–H groups in total. The lowest BCUT2D eigenvalue weighted by molar-refractivity contribution is 0.572. The average molecular weight is 692 g/mol. The quantitative estimate of drug-likeness (QED) is 0.137. The summed E-state index contributed by atoms with van der Waals surface area (Å²) in [4.78, 5) is 13.4. The first kappa shape index (κ1) is 29.2. The van der Waals surface area contributed by atoms with Gasteiger partial charge in [0.15, 0.2) is 5.58 Å². The van der Waals surface area contributed by atoms with Gasteiger partial charge in [0.1, 0.15) is 0 Å². The molecule has 0 radical (unpaired) electrons. The van der Waals surface area contributed by atoms with E-state index in [4.69, 9.17) is 4.42 Å². The minimum absolute atomic E-state index is 0.330. The highest BCUT2D eigenvalue weighted by Crippen LogP contribution is 2.42. The van der Waals surface area contributed by atoms with E-state index in [0.29, 0.717) is 11.0 Å². The summed E-state index contributed by atoms with van der Waals surface area (Å²) in [5, 5.41) is 9.40. The van der Waals surface area contributed by atoms with E-state index in [1.54, 1.807) is 0 Å². The van der Waals surface area contributed by atoms with E-state index in [-0.39, 0.29) is 5.63 Å². The summed E-state index contributed by atoms with van der Waals surface area (Å²) in [6.07, 6.45) is 0. The standard InChI is InChI=1S/C49H29N3O2/c53-49-41-18-5-4-14-33(41)40-29-28-39-36-17-8-11-21-44(36)52(47(39)48(40)54-49)32-24-22-31(23-25-32)51-43-20-10-7-16-35(43)38-27-26-37-34-15-6-9-19-42(34)50(45(37)46(38)51)30-12-2-1-3-13-30/h1-29H. The molecule has 0 aliphatic heterocycles. The lowest BCUT2D eigenvalue weighted by atomic mass is 10.1. The highest BCUT2D eigenvalue weighted by molar-refractivity contribution is 6.24. The van der Waals surface area contributed by atoms with Gasteiger partial charge >= 0.3 is 5.63 Å². The molecule has 12 aromatic rings. The van der Waals surface area contributed by atoms with E-state index in [1.807, 2.05) is 24.3 Å². The number of rotatable bonds is 3. The van der Waals surface area contributed by atoms with E-state index in [9.17, 15) is 4.79 Å². The Morgan fingerprint density at radius 3 is 1.19 bits per heavy atom. The van der Waals surface area contributed by atoms with Gasteiger partial charge in [-0.15, -0.1) is 0 Å². The van der Waals surface area contributed by atoms with Crippen LogP contribution in [-0.2, 0) is 0 Å². The van der Waals surface area contributed by atoms with Gasteiger partial charge in [-0.05, 0) is 72.1 Å². The molecule has 4 aromatic heterocycles. The van der Waals surface area contributed by atoms with E-state index in [0.717, 1.165) is 60.7 Å². The molecular weight excluding hydrogens is 663 g/mol. The van der Waals surface area contributed by atoms with Crippen molar-refractivity contribution in [2.75, 3.05) is 0 Å². The number of aromatic nitrogens is 3. The average Bonchev–Trinajstić information content (AvgIpc) is 3.88. The highest BCUT2D eigenvalue weighted by atomic mass is 16.4. The minimum Gasteiger partial charge on any atom is -0.420 e. The van der Waals surface area contributed by atoms with Gasteiger partial charge in [0.2, 0.25) is 0 Å². The molecule has 12 rings (SSSR count). The van der Waals surface area contributed by atoms with E-state index in [2.05, 4.69) is 165 Å². The van der Waals surface area contributed by atoms with Gasteiger partial charge < -0.3 is 18.1 Å². The smallest absolute Gasteiger partial charge is 0.344 e. The van der Waals surface area contributed by atoms with Crippen LogP contribution < -0.4 is 5.63 Å². The molecule has 0 aliphatic rings. The maximum Gasteiger partial charge on any atom is 0.344 e. The molecule has 5 heteroatoms. The third-order valence-corrected chi connectivity index (χ3v) is 11.3. The van der Waals surface area contributed by atoms with Crippen LogP contribution in [-0.4, -0.2) is 13.7 Å². The summed E-state index contributed by atoms with van der Waals surface area (Å²) in [5.41, 5.74) is 10.0. The van der Waals surface area contributed by atoms with Crippen molar-refractivity contribution >= 4 is 87.2 Å². The van der Waals surface area contributed by atoms with Crippen molar-refractivity contribution in [3.05, 3.63) is 186 Å². The molecule has 5 nitrogen and oxygen atoms in total. The van der Waals surface area contributed by atoms with Gasteiger partial charge in [0.25, 0.3) is 0 Å². The molecule has 0 amide bonds. The Kier molecular flexibility index (Phi) is 5.86. The molecule has 54 heavy (non-hydrogen) atoms. The monoisotopic (exact) mass is 691 g/mol. The normalized spacial score (nSPS) is 12.1. The Bertz CT molecular complexity index is 3560. The molecule has 0 saturated heterocycles. The topological polar surface area (TPSA) is 45.0 Å². The third kappa shape index (κ3) is 3.85. The van der Waals surface area contributed by atoms with Crippen LogP contribution >= 0.6 is 0 Å². The van der Waals surface area contributed by atoms with Gasteiger partial charge in [0.05, 0.1) is 38.5 Å². The summed E-state index contributed by atoms with van der Waals surface area (Å²) < 4.78 is 13.3. The van der Waals surface area contributed by atoms with Gasteiger partial charge in [-0.2, -0.15) is 0 Å². The predicted octanol–water partition coefficient (Wildman–Crippen LogP) is 12.2. The fourth-order valence-electron chi connectivity index (χ4n) is 9.02. The van der Waals surface area contributed by atoms with Gasteiger partial charge in [0, 0.05) is 54.8 Å². The van der Waals surface area contributed by atoms with E-state index < -0.39 is 0 Å². The van der Waals surface area contributed by atoms with E-state index in [1.165, 1.54) is 32.6 Å². The summed E-state index contributed by atoms with van der Waals surface area (Å²) in [6.45, 7) is 0. The van der Waals surface area contributed by atoms with Gasteiger partial charge in [-0.3, -0.25) is 0 Å². The fourth-order valence-corrected chi connectivity index (χ4v) is 9.02. The molecule has 0 unspecified atom stereocenters. The Hall–Kier alpha value is -7.37. The number of nitrogens with zero attached hydrogens (tertiary/aromatic N) is 3. The first-order valence-electron chi connectivity index (χ1n) is 18.2. The van der Waals surface area contributed by atoms with Crippen molar-refractivity contribution < 1.29 is 4.42 Å². The van der Waals surface area contributed by atoms with Crippen LogP contribution in [0.1, 0.15) is 0 Å². The summed E-state index contributed by atoms with van der Waals surface area (Å²) in [6, 6.07) is 61.8. The zero-order valence-electron chi connectivity index (χ0n) is 28.9. The molecule has 252 valence electrons. The lowest BCUT2D eigenvalue weighted by Crippen LogP contribution is -2.02. The predicted molar refractivity (Wildman–Crippen MR) is 223 cm³/mol. The molecule has 4 heterocycles. The molecule has 8 aromatic carbocycles. The minimum atomic E-state index is -0.330. The van der Waals surface area contributed by atoms with Crippen LogP contribution in [0.4, 0.5) is 0 Å². The second-order valence-corrected chi connectivity index (χ2v) is 14.0. The van der Waals surface area contributed by atoms with Crippen molar-refractivity contribution in [3.63, 3.8) is 0 Å². The third-order valence-electron chi connectivity index (χ3n) is 11.3. The van der Waals surface area contributed by atoms with Crippen molar-refractivity contribution in [3.8, 4) is 17.1 Å². The first-order valence-corrected chi connectivity index (χ1v) is 18.2. The molecule has 0 fully saturated rings. The summed E-state index contributed by atoms with van der Waals surface area (Å²) in [7, 11) is 0. The Labute approximate surface area is 307 Å². The van der Waals surface area contributed by atoms with Crippen LogP contribution in [0.5, 0.6) is 0 Å². The maximum absolute atomic E-state index is 13.4. The second kappa shape index (κ2) is 10.8. The fraction of sp³-hybridized carbons (Fsp3) is 0. The number of hydrogen-bond donors (Lipinski definition) is 0. The molecule has 0 atom stereocenters. The van der Waals surface area contributed by atoms with Crippen LogP contribution in [0.3, 0.4) is 0 Å². The second-order valence-electron chi connectivity index (χ2n) is 14.0. The Balaban J connectivity index is 1.16. The van der Waals surface area contributed by atoms with Gasteiger partial charge in [-0.25, -0.2) is 4.79 Å². The van der Waals surface area contributed by atoms with Crippen LogP contribution in [0.25, 0.3) is 104 Å². The largest absolute Gasteiger partial charge is 0.420 e. The zero-order chi connectivity index (χ0) is 35.5. The SMILES string of the molecule is O=c1oc2c(ccc3c4ccccc4n(-c4ccc(-n5c6ccccc6c6ccc7c8ccccc8n(-c8ccccc8)c7c65)cc4)c32)c2ccccc12. The van der Waals surface area contributed by atoms with Crippen LogP contribution in [0.15, 0.2) is 185 Å². The molecule has 0 aliphatic carbocycles. The lowest BCUT2D eigenvalue weighted by Gasteiger charge is -2.14. The van der Waals surface area contributed by atoms with Crippen LogP contribution in [0, 0.1) is 0 Å². The van der Waals surface area contributed by atoms with E-state index >= 15 is 0 Å². The number of hydrogen-bond acceptors (Lipinski definition) is 2. The van der Waals surface area contributed by atoms with Crippen molar-refractivity contribution in [2.24, 2.45) is 0 Å². The van der Waals surface area contributed by atoms with Crippen molar-refractivity contribution in [1.29, 1.82) is 0 Å². The highest BCUT2D eigenvalue weighted by Gasteiger charge is 2.22. The number of para-hydroxylation sites is 4. The number of benzene rings is 8. The zero-order valence-corrected chi connectivity index (χ0v) is 28.9. The van der Waals surface area contributed by atoms with Crippen LogP contribution in [0.2, 0.25) is 0 Å². The van der Waals surface area contributed by atoms with Crippen molar-refractivity contribution in [2.45, 2.75) is 0 Å². The molecule has 0 saturated carbocycles.